The molecule has 1 aliphatic heterocycles. The molecule has 0 spiro atoms. The van der Waals surface area contributed by atoms with Gasteiger partial charge in [0, 0.05) is 13.1 Å². The van der Waals surface area contributed by atoms with Crippen LogP contribution in [0, 0.1) is 0 Å². The predicted octanol–water partition coefficient (Wildman–Crippen LogP) is -0.844. The highest BCUT2D eigenvalue weighted by Gasteiger charge is 2.39. The van der Waals surface area contributed by atoms with Crippen molar-refractivity contribution in [3.63, 3.8) is 0 Å². The van der Waals surface area contributed by atoms with Crippen molar-refractivity contribution in [2.75, 3.05) is 13.1 Å². The van der Waals surface area contributed by atoms with Crippen LogP contribution in [0.1, 0.15) is 19.2 Å². The minimum Gasteiger partial charge on any atom is -0.387 e. The minimum atomic E-state index is -0.482. The first kappa shape index (κ1) is 8.58. The van der Waals surface area contributed by atoms with Crippen molar-refractivity contribution in [3.8, 4) is 0 Å². The van der Waals surface area contributed by atoms with Gasteiger partial charge in [-0.2, -0.15) is 5.21 Å². The molecule has 0 bridgehead atoms. The lowest BCUT2D eigenvalue weighted by Crippen LogP contribution is -2.60. The second kappa shape index (κ2) is 3.04. The molecule has 0 aromatic carbocycles. The van der Waals surface area contributed by atoms with E-state index >= 15 is 0 Å². The monoisotopic (exact) mass is 183 g/mol. The van der Waals surface area contributed by atoms with Crippen molar-refractivity contribution in [2.24, 2.45) is 0 Å². The van der Waals surface area contributed by atoms with Crippen LogP contribution < -0.4 is 0 Å². The van der Waals surface area contributed by atoms with Crippen molar-refractivity contribution < 1.29 is 5.11 Å². The molecule has 0 unspecified atom stereocenters. The molecule has 72 valence electrons. The normalized spacial score (nSPS) is 21.4. The molecule has 6 heteroatoms. The van der Waals surface area contributed by atoms with Gasteiger partial charge in [-0.1, -0.05) is 12.1 Å². The number of hydrogen-bond acceptors (Lipinski definition) is 5. The molecule has 1 aromatic rings. The van der Waals surface area contributed by atoms with Crippen molar-refractivity contribution in [1.82, 2.24) is 25.5 Å². The molecule has 0 radical (unpaired) electrons. The molecule has 0 atom stereocenters. The predicted molar refractivity (Wildman–Crippen MR) is 44.7 cm³/mol. The number of likely N-dealkylation sites (tertiary alicyclic amines) is 1. The van der Waals surface area contributed by atoms with E-state index in [1.165, 1.54) is 0 Å². The van der Waals surface area contributed by atoms with Gasteiger partial charge in [-0.3, -0.25) is 4.90 Å². The number of aromatic amines is 1. The maximum atomic E-state index is 9.71. The van der Waals surface area contributed by atoms with Crippen molar-refractivity contribution in [1.29, 1.82) is 0 Å². The molecule has 2 heterocycles. The van der Waals surface area contributed by atoms with Crippen LogP contribution in [0.3, 0.4) is 0 Å². The van der Waals surface area contributed by atoms with Gasteiger partial charge in [-0.05, 0) is 6.42 Å². The Labute approximate surface area is 75.9 Å². The summed E-state index contributed by atoms with van der Waals surface area (Å²) >= 11 is 0. The Hall–Kier alpha value is -1.01. The summed E-state index contributed by atoms with van der Waals surface area (Å²) < 4.78 is 0. The maximum absolute atomic E-state index is 9.71. The Morgan fingerprint density at radius 3 is 2.92 bits per heavy atom. The highest BCUT2D eigenvalue weighted by Crippen LogP contribution is 2.24. The number of rotatable bonds is 3. The summed E-state index contributed by atoms with van der Waals surface area (Å²) in [7, 11) is 0. The number of aliphatic hydroxyl groups is 1. The van der Waals surface area contributed by atoms with E-state index in [4.69, 9.17) is 0 Å². The number of aromatic nitrogens is 4. The number of nitrogens with one attached hydrogen (secondary N) is 1. The molecule has 2 N–H and O–H groups in total. The fraction of sp³-hybridized carbons (Fsp3) is 0.857. The summed E-state index contributed by atoms with van der Waals surface area (Å²) in [6.07, 6.45) is 0.801. The van der Waals surface area contributed by atoms with E-state index in [1.54, 1.807) is 0 Å². The molecule has 2 rings (SSSR count). The molecule has 0 saturated carbocycles. The zero-order valence-corrected chi connectivity index (χ0v) is 7.56. The fourth-order valence-corrected chi connectivity index (χ4v) is 1.57. The van der Waals surface area contributed by atoms with E-state index < -0.39 is 5.60 Å². The summed E-state index contributed by atoms with van der Waals surface area (Å²) in [5.41, 5.74) is -0.482. The Kier molecular flexibility index (Phi) is 2.01. The first-order valence-electron chi connectivity index (χ1n) is 4.39. The zero-order valence-electron chi connectivity index (χ0n) is 7.56. The van der Waals surface area contributed by atoms with Gasteiger partial charge in [-0.25, -0.2) is 0 Å². The maximum Gasteiger partial charge on any atom is 0.188 e. The summed E-state index contributed by atoms with van der Waals surface area (Å²) in [5.74, 6) is 0.679. The smallest absolute Gasteiger partial charge is 0.188 e. The van der Waals surface area contributed by atoms with Gasteiger partial charge < -0.3 is 5.11 Å². The van der Waals surface area contributed by atoms with E-state index in [9.17, 15) is 5.11 Å². The van der Waals surface area contributed by atoms with Crippen LogP contribution in [-0.2, 0) is 6.54 Å². The van der Waals surface area contributed by atoms with Crippen molar-refractivity contribution in [3.05, 3.63) is 5.82 Å². The van der Waals surface area contributed by atoms with Gasteiger partial charge in [0.05, 0.1) is 12.1 Å². The summed E-state index contributed by atoms with van der Waals surface area (Å²) in [5, 5.41) is 23.3. The van der Waals surface area contributed by atoms with Crippen LogP contribution in [-0.4, -0.2) is 49.3 Å². The molecular formula is C7H13N5O. The summed E-state index contributed by atoms with van der Waals surface area (Å²) in [6.45, 7) is 4.07. The van der Waals surface area contributed by atoms with E-state index in [0.717, 1.165) is 6.42 Å². The second-order valence-corrected chi connectivity index (χ2v) is 3.55. The third-order valence-electron chi connectivity index (χ3n) is 2.45. The Morgan fingerprint density at radius 2 is 2.38 bits per heavy atom. The van der Waals surface area contributed by atoms with Gasteiger partial charge in [-0.15, -0.1) is 10.2 Å². The third-order valence-corrected chi connectivity index (χ3v) is 2.45. The molecule has 1 saturated heterocycles. The lowest BCUT2D eigenvalue weighted by molar-refractivity contribution is -0.104. The number of nitrogens with zero attached hydrogens (tertiary/aromatic N) is 4. The number of H-pyrrole nitrogens is 1. The molecule has 6 nitrogen and oxygen atoms in total. The van der Waals surface area contributed by atoms with Crippen LogP contribution in [0.15, 0.2) is 0 Å². The third kappa shape index (κ3) is 1.68. The van der Waals surface area contributed by atoms with Crippen LogP contribution in [0.25, 0.3) is 0 Å². The number of hydrogen-bond donors (Lipinski definition) is 2. The molecular weight excluding hydrogens is 170 g/mol. The van der Waals surface area contributed by atoms with E-state index in [-0.39, 0.29) is 0 Å². The summed E-state index contributed by atoms with van der Waals surface area (Å²) in [6, 6.07) is 0. The first-order valence-corrected chi connectivity index (χ1v) is 4.39. The molecule has 1 fully saturated rings. The van der Waals surface area contributed by atoms with Crippen LogP contribution in [0.2, 0.25) is 0 Å². The first-order chi connectivity index (χ1) is 6.22. The SMILES string of the molecule is CCC1(O)CN(Cc2nn[nH]n2)C1. The lowest BCUT2D eigenvalue weighted by Gasteiger charge is -2.45. The van der Waals surface area contributed by atoms with Crippen LogP contribution in [0.4, 0.5) is 0 Å². The van der Waals surface area contributed by atoms with Gasteiger partial charge in [0.2, 0.25) is 0 Å². The van der Waals surface area contributed by atoms with E-state index in [1.807, 2.05) is 6.92 Å². The van der Waals surface area contributed by atoms with Gasteiger partial charge >= 0.3 is 0 Å². The molecule has 13 heavy (non-hydrogen) atoms. The Bertz CT molecular complexity index is 266. The quantitative estimate of drug-likeness (QED) is 0.638. The Morgan fingerprint density at radius 1 is 1.62 bits per heavy atom. The van der Waals surface area contributed by atoms with E-state index in [2.05, 4.69) is 25.5 Å². The largest absolute Gasteiger partial charge is 0.387 e. The molecule has 0 amide bonds. The average Bonchev–Trinajstić information content (AvgIpc) is 2.54. The van der Waals surface area contributed by atoms with Gasteiger partial charge in [0.15, 0.2) is 5.82 Å². The minimum absolute atomic E-state index is 0.482. The fourth-order valence-electron chi connectivity index (χ4n) is 1.57. The highest BCUT2D eigenvalue weighted by molar-refractivity contribution is 4.95. The van der Waals surface area contributed by atoms with Crippen LogP contribution >= 0.6 is 0 Å². The van der Waals surface area contributed by atoms with Crippen molar-refractivity contribution in [2.45, 2.75) is 25.5 Å². The average molecular weight is 183 g/mol. The van der Waals surface area contributed by atoms with E-state index in [0.29, 0.717) is 25.5 Å². The standard InChI is InChI=1S/C7H13N5O/c1-2-7(13)4-12(5-7)3-6-8-10-11-9-6/h13H,2-5H2,1H3,(H,8,9,10,11). The van der Waals surface area contributed by atoms with Gasteiger partial charge in [0.1, 0.15) is 0 Å². The lowest BCUT2D eigenvalue weighted by atomic mass is 9.91. The van der Waals surface area contributed by atoms with Crippen molar-refractivity contribution >= 4 is 0 Å². The second-order valence-electron chi connectivity index (χ2n) is 3.55. The zero-order chi connectivity index (χ0) is 9.31. The molecule has 0 aliphatic carbocycles. The number of β-amino-alcohol motifs (C(OH)–C–C–N with tert-alkyl or cyclic N) is 1. The highest BCUT2D eigenvalue weighted by atomic mass is 16.3. The topological polar surface area (TPSA) is 77.9 Å². The molecule has 1 aromatic heterocycles. The Balaban J connectivity index is 1.82. The number of tetrazole rings is 1. The summed E-state index contributed by atoms with van der Waals surface area (Å²) in [4.78, 5) is 2.09. The molecule has 1 aliphatic rings. The van der Waals surface area contributed by atoms with Crippen LogP contribution in [0.5, 0.6) is 0 Å². The van der Waals surface area contributed by atoms with Gasteiger partial charge in [0.25, 0.3) is 0 Å².